The summed E-state index contributed by atoms with van der Waals surface area (Å²) in [6.07, 6.45) is 2.88. The highest BCUT2D eigenvalue weighted by atomic mass is 32.2. The fourth-order valence-electron chi connectivity index (χ4n) is 0.888. The van der Waals surface area contributed by atoms with Crippen LogP contribution in [0.4, 0.5) is 4.79 Å². The number of carboxylic acid groups (broad SMARTS) is 1. The summed E-state index contributed by atoms with van der Waals surface area (Å²) >= 11 is 1.73. The molecule has 0 spiro atoms. The zero-order chi connectivity index (χ0) is 12.8. The van der Waals surface area contributed by atoms with Gasteiger partial charge in [-0.2, -0.15) is 11.8 Å². The highest BCUT2D eigenvalue weighted by molar-refractivity contribution is 7.99. The summed E-state index contributed by atoms with van der Waals surface area (Å²) in [6, 6.07) is -0.444. The lowest BCUT2D eigenvalue weighted by molar-refractivity contribution is -0.142. The third-order valence-electron chi connectivity index (χ3n) is 2.20. The Balaban J connectivity index is 3.87. The van der Waals surface area contributed by atoms with E-state index in [0.717, 1.165) is 6.42 Å². The molecule has 0 aliphatic rings. The van der Waals surface area contributed by atoms with Crippen molar-refractivity contribution < 1.29 is 14.7 Å². The number of rotatable bonds is 6. The monoisotopic (exact) mass is 248 g/mol. The molecule has 0 rings (SSSR count). The molecule has 6 heteroatoms. The van der Waals surface area contributed by atoms with Gasteiger partial charge in [0.15, 0.2) is 0 Å². The van der Waals surface area contributed by atoms with Crippen LogP contribution in [0.5, 0.6) is 0 Å². The van der Waals surface area contributed by atoms with E-state index in [1.165, 1.54) is 13.8 Å². The predicted molar refractivity (Wildman–Crippen MR) is 65.8 cm³/mol. The van der Waals surface area contributed by atoms with Gasteiger partial charge in [0.1, 0.15) is 5.54 Å². The van der Waals surface area contributed by atoms with Crippen LogP contribution in [-0.4, -0.2) is 40.7 Å². The lowest BCUT2D eigenvalue weighted by atomic mass is 10.1. The third-order valence-corrected chi connectivity index (χ3v) is 3.24. The summed E-state index contributed by atoms with van der Waals surface area (Å²) < 4.78 is 0. The van der Waals surface area contributed by atoms with E-state index in [2.05, 4.69) is 17.6 Å². The summed E-state index contributed by atoms with van der Waals surface area (Å²) in [5.41, 5.74) is -1.24. The smallest absolute Gasteiger partial charge is 0.328 e. The predicted octanol–water partition coefficient (Wildman–Crippen LogP) is 1.29. The standard InChI is InChI=1S/C10H20N2O3S/c1-7(16-4)5-6-11-9(15)12-10(2,3)8(13)14/h7H,5-6H2,1-4H3,(H,13,14)(H2,11,12,15). The molecule has 0 aromatic rings. The van der Waals surface area contributed by atoms with Gasteiger partial charge in [-0.3, -0.25) is 0 Å². The van der Waals surface area contributed by atoms with Crippen LogP contribution in [0, 0.1) is 0 Å². The van der Waals surface area contributed by atoms with Gasteiger partial charge in [0.05, 0.1) is 0 Å². The maximum atomic E-state index is 11.3. The molecular weight excluding hydrogens is 228 g/mol. The van der Waals surface area contributed by atoms with Gasteiger partial charge in [0, 0.05) is 11.8 Å². The van der Waals surface area contributed by atoms with Crippen molar-refractivity contribution in [2.75, 3.05) is 12.8 Å². The minimum Gasteiger partial charge on any atom is -0.480 e. The summed E-state index contributed by atoms with van der Waals surface area (Å²) in [7, 11) is 0. The fourth-order valence-corrected chi connectivity index (χ4v) is 1.24. The van der Waals surface area contributed by atoms with E-state index in [1.54, 1.807) is 11.8 Å². The van der Waals surface area contributed by atoms with Gasteiger partial charge in [0.2, 0.25) is 0 Å². The fraction of sp³-hybridized carbons (Fsp3) is 0.800. The van der Waals surface area contributed by atoms with Gasteiger partial charge < -0.3 is 15.7 Å². The van der Waals surface area contributed by atoms with Crippen LogP contribution in [0.2, 0.25) is 0 Å². The summed E-state index contributed by atoms with van der Waals surface area (Å²) in [6.45, 7) is 5.51. The number of amides is 2. The Morgan fingerprint density at radius 3 is 2.44 bits per heavy atom. The minimum absolute atomic E-state index is 0.444. The third kappa shape index (κ3) is 5.85. The Morgan fingerprint density at radius 2 is 2.00 bits per heavy atom. The van der Waals surface area contributed by atoms with Gasteiger partial charge in [-0.15, -0.1) is 0 Å². The molecule has 3 N–H and O–H groups in total. The highest BCUT2D eigenvalue weighted by Crippen LogP contribution is 2.08. The van der Waals surface area contributed by atoms with E-state index in [9.17, 15) is 9.59 Å². The number of carboxylic acids is 1. The minimum atomic E-state index is -1.24. The second kappa shape index (κ2) is 6.62. The van der Waals surface area contributed by atoms with Crippen LogP contribution in [0.1, 0.15) is 27.2 Å². The van der Waals surface area contributed by atoms with Crippen LogP contribution in [0.15, 0.2) is 0 Å². The van der Waals surface area contributed by atoms with Crippen molar-refractivity contribution in [1.29, 1.82) is 0 Å². The Hall–Kier alpha value is -0.910. The molecule has 0 heterocycles. The molecule has 1 unspecified atom stereocenters. The molecule has 5 nitrogen and oxygen atoms in total. The molecule has 0 fully saturated rings. The Morgan fingerprint density at radius 1 is 1.44 bits per heavy atom. The van der Waals surface area contributed by atoms with Gasteiger partial charge in [-0.1, -0.05) is 6.92 Å². The van der Waals surface area contributed by atoms with Crippen molar-refractivity contribution in [3.05, 3.63) is 0 Å². The molecule has 0 aliphatic heterocycles. The first kappa shape index (κ1) is 15.1. The zero-order valence-electron chi connectivity index (χ0n) is 10.2. The Labute approximate surface area is 100 Å². The van der Waals surface area contributed by atoms with Gasteiger partial charge >= 0.3 is 12.0 Å². The molecule has 16 heavy (non-hydrogen) atoms. The first-order chi connectivity index (χ1) is 7.29. The molecule has 0 aromatic carbocycles. The number of hydrogen-bond acceptors (Lipinski definition) is 3. The average molecular weight is 248 g/mol. The average Bonchev–Trinajstić information content (AvgIpc) is 2.16. The second-order valence-corrected chi connectivity index (χ2v) is 5.42. The van der Waals surface area contributed by atoms with Gasteiger partial charge in [0.25, 0.3) is 0 Å². The molecule has 1 atom stereocenters. The van der Waals surface area contributed by atoms with Crippen molar-refractivity contribution in [2.24, 2.45) is 0 Å². The van der Waals surface area contributed by atoms with Crippen molar-refractivity contribution in [2.45, 2.75) is 38.0 Å². The van der Waals surface area contributed by atoms with E-state index < -0.39 is 17.5 Å². The molecule has 94 valence electrons. The van der Waals surface area contributed by atoms with Crippen LogP contribution in [-0.2, 0) is 4.79 Å². The number of urea groups is 1. The van der Waals surface area contributed by atoms with E-state index in [-0.39, 0.29) is 0 Å². The topological polar surface area (TPSA) is 78.4 Å². The molecule has 0 bridgehead atoms. The number of aliphatic carboxylic acids is 1. The summed E-state index contributed by atoms with van der Waals surface area (Å²) in [5.74, 6) is -1.06. The summed E-state index contributed by atoms with van der Waals surface area (Å²) in [5, 5.41) is 14.3. The lowest BCUT2D eigenvalue weighted by Gasteiger charge is -2.21. The zero-order valence-corrected chi connectivity index (χ0v) is 11.0. The van der Waals surface area contributed by atoms with E-state index in [4.69, 9.17) is 5.11 Å². The van der Waals surface area contributed by atoms with Gasteiger partial charge in [-0.05, 0) is 26.5 Å². The van der Waals surface area contributed by atoms with E-state index in [1.807, 2.05) is 6.26 Å². The normalized spacial score (nSPS) is 13.0. The number of thioether (sulfide) groups is 1. The van der Waals surface area contributed by atoms with Crippen LogP contribution in [0.25, 0.3) is 0 Å². The van der Waals surface area contributed by atoms with Gasteiger partial charge in [-0.25, -0.2) is 9.59 Å². The highest BCUT2D eigenvalue weighted by Gasteiger charge is 2.28. The quantitative estimate of drug-likeness (QED) is 0.662. The first-order valence-corrected chi connectivity index (χ1v) is 6.40. The Kier molecular flexibility index (Phi) is 6.25. The number of hydrogen-bond donors (Lipinski definition) is 3. The van der Waals surface area contributed by atoms with Crippen molar-refractivity contribution in [3.63, 3.8) is 0 Å². The van der Waals surface area contributed by atoms with E-state index >= 15 is 0 Å². The van der Waals surface area contributed by atoms with Crippen LogP contribution < -0.4 is 10.6 Å². The molecule has 0 saturated heterocycles. The lowest BCUT2D eigenvalue weighted by Crippen LogP contribution is -2.53. The molecule has 0 aliphatic carbocycles. The SMILES string of the molecule is CSC(C)CCNC(=O)NC(C)(C)C(=O)O. The van der Waals surface area contributed by atoms with E-state index in [0.29, 0.717) is 11.8 Å². The van der Waals surface area contributed by atoms with Crippen LogP contribution in [0.3, 0.4) is 0 Å². The molecule has 0 saturated carbocycles. The largest absolute Gasteiger partial charge is 0.480 e. The van der Waals surface area contributed by atoms with Crippen LogP contribution >= 0.6 is 11.8 Å². The number of nitrogens with one attached hydrogen (secondary N) is 2. The Bertz CT molecular complexity index is 256. The maximum absolute atomic E-state index is 11.3. The molecule has 0 aromatic heterocycles. The number of carbonyl (C=O) groups is 2. The van der Waals surface area contributed by atoms with Crippen molar-refractivity contribution >= 4 is 23.8 Å². The summed E-state index contributed by atoms with van der Waals surface area (Å²) in [4.78, 5) is 22.1. The van der Waals surface area contributed by atoms with Crippen molar-refractivity contribution in [3.8, 4) is 0 Å². The van der Waals surface area contributed by atoms with Crippen molar-refractivity contribution in [1.82, 2.24) is 10.6 Å². The molecule has 0 radical (unpaired) electrons. The maximum Gasteiger partial charge on any atom is 0.328 e. The molecular formula is C10H20N2O3S. The molecule has 2 amide bonds. The number of carbonyl (C=O) groups excluding carboxylic acids is 1. The second-order valence-electron chi connectivity index (χ2n) is 4.15. The first-order valence-electron chi connectivity index (χ1n) is 5.11.